The fraction of sp³-hybridized carbons (Fsp3) is 0.800. The Morgan fingerprint density at radius 2 is 2.38 bits per heavy atom. The number of morpholine rings is 1. The van der Waals surface area contributed by atoms with Crippen molar-refractivity contribution in [3.05, 3.63) is 5.01 Å². The molecule has 1 aliphatic heterocycles. The molecule has 2 rings (SSSR count). The maximum atomic E-state index is 5.74. The van der Waals surface area contributed by atoms with E-state index >= 15 is 0 Å². The van der Waals surface area contributed by atoms with E-state index in [1.807, 2.05) is 6.92 Å². The molecule has 1 fully saturated rings. The van der Waals surface area contributed by atoms with Gasteiger partial charge in [0.25, 0.3) is 0 Å². The van der Waals surface area contributed by atoms with Crippen LogP contribution in [0.2, 0.25) is 0 Å². The molecule has 0 amide bonds. The third-order valence-electron chi connectivity index (χ3n) is 2.73. The number of aromatic nitrogens is 2. The second-order valence-electron chi connectivity index (χ2n) is 4.23. The summed E-state index contributed by atoms with van der Waals surface area (Å²) in [6, 6.07) is 0.259. The van der Waals surface area contributed by atoms with Crippen LogP contribution in [0.15, 0.2) is 0 Å². The van der Waals surface area contributed by atoms with Gasteiger partial charge in [0, 0.05) is 13.1 Å². The molecular formula is C10H18N4OS. The Morgan fingerprint density at radius 1 is 1.56 bits per heavy atom. The summed E-state index contributed by atoms with van der Waals surface area (Å²) in [5.74, 6) is 0. The molecule has 16 heavy (non-hydrogen) atoms. The molecule has 0 spiro atoms. The summed E-state index contributed by atoms with van der Waals surface area (Å²) >= 11 is 1.58. The highest BCUT2D eigenvalue weighted by atomic mass is 32.1. The van der Waals surface area contributed by atoms with Gasteiger partial charge in [0.15, 0.2) is 0 Å². The van der Waals surface area contributed by atoms with Crippen LogP contribution in [0.25, 0.3) is 0 Å². The summed E-state index contributed by atoms with van der Waals surface area (Å²) in [5, 5.41) is 13.2. The number of hydrogen-bond acceptors (Lipinski definition) is 6. The van der Waals surface area contributed by atoms with Crippen molar-refractivity contribution in [1.29, 1.82) is 0 Å². The number of ether oxygens (including phenoxy) is 1. The molecule has 6 heteroatoms. The Hall–Kier alpha value is -0.720. The normalized spacial score (nSPS) is 24.3. The van der Waals surface area contributed by atoms with Gasteiger partial charge in [-0.05, 0) is 20.9 Å². The van der Waals surface area contributed by atoms with Crippen molar-refractivity contribution in [3.63, 3.8) is 0 Å². The van der Waals surface area contributed by atoms with Gasteiger partial charge in [0.2, 0.25) is 5.13 Å². The molecule has 2 heterocycles. The molecule has 1 aromatic heterocycles. The number of hydrogen-bond donors (Lipinski definition) is 1. The van der Waals surface area contributed by atoms with E-state index < -0.39 is 0 Å². The second-order valence-corrected chi connectivity index (χ2v) is 5.41. The molecule has 2 atom stereocenters. The Labute approximate surface area is 99.8 Å². The monoisotopic (exact) mass is 242 g/mol. The number of likely N-dealkylation sites (N-methyl/N-ethyl adjacent to an activating group) is 1. The molecule has 1 saturated heterocycles. The number of nitrogens with zero attached hydrogens (tertiary/aromatic N) is 3. The van der Waals surface area contributed by atoms with Gasteiger partial charge in [-0.15, -0.1) is 10.2 Å². The maximum Gasteiger partial charge on any atom is 0.205 e. The molecule has 0 saturated carbocycles. The van der Waals surface area contributed by atoms with Gasteiger partial charge in [-0.3, -0.25) is 0 Å². The van der Waals surface area contributed by atoms with Crippen LogP contribution in [-0.4, -0.2) is 54.0 Å². The number of anilines is 1. The maximum absolute atomic E-state index is 5.74. The molecule has 2 unspecified atom stereocenters. The van der Waals surface area contributed by atoms with Gasteiger partial charge in [-0.25, -0.2) is 0 Å². The molecule has 0 aromatic carbocycles. The van der Waals surface area contributed by atoms with Gasteiger partial charge in [-0.1, -0.05) is 11.3 Å². The van der Waals surface area contributed by atoms with Crippen LogP contribution in [0.1, 0.15) is 11.9 Å². The quantitative estimate of drug-likeness (QED) is 0.856. The van der Waals surface area contributed by atoms with E-state index in [4.69, 9.17) is 4.74 Å². The third kappa shape index (κ3) is 2.90. The fourth-order valence-corrected chi connectivity index (χ4v) is 2.44. The lowest BCUT2D eigenvalue weighted by Crippen LogP contribution is -2.47. The van der Waals surface area contributed by atoms with E-state index in [1.165, 1.54) is 0 Å². The highest BCUT2D eigenvalue weighted by Crippen LogP contribution is 2.17. The Balaban J connectivity index is 1.89. The minimum Gasteiger partial charge on any atom is -0.373 e. The van der Waals surface area contributed by atoms with Crippen LogP contribution in [-0.2, 0) is 4.74 Å². The average molecular weight is 242 g/mol. The topological polar surface area (TPSA) is 50.3 Å². The van der Waals surface area contributed by atoms with Crippen LogP contribution in [0.3, 0.4) is 0 Å². The number of nitrogens with one attached hydrogen (secondary N) is 1. The third-order valence-corrected chi connectivity index (χ3v) is 3.50. The molecule has 1 aromatic rings. The van der Waals surface area contributed by atoms with E-state index in [1.54, 1.807) is 11.3 Å². The molecule has 0 radical (unpaired) electrons. The van der Waals surface area contributed by atoms with Crippen molar-refractivity contribution in [2.45, 2.75) is 26.0 Å². The SMILES string of the molecule is Cc1nnc(NC(C)C2CN(C)CCO2)s1. The molecule has 5 nitrogen and oxygen atoms in total. The summed E-state index contributed by atoms with van der Waals surface area (Å²) in [7, 11) is 2.12. The Morgan fingerprint density at radius 3 is 3.00 bits per heavy atom. The summed E-state index contributed by atoms with van der Waals surface area (Å²) in [4.78, 5) is 2.29. The zero-order valence-electron chi connectivity index (χ0n) is 9.93. The van der Waals surface area contributed by atoms with Crippen LogP contribution in [0, 0.1) is 6.92 Å². The fourth-order valence-electron chi connectivity index (χ4n) is 1.76. The standard InChI is InChI=1S/C10H18N4OS/c1-7(9-6-14(3)4-5-15-9)11-10-13-12-8(2)16-10/h7,9H,4-6H2,1-3H3,(H,11,13). The first-order valence-electron chi connectivity index (χ1n) is 5.52. The molecule has 0 bridgehead atoms. The zero-order chi connectivity index (χ0) is 11.5. The van der Waals surface area contributed by atoms with Crippen molar-refractivity contribution < 1.29 is 4.74 Å². The van der Waals surface area contributed by atoms with Crippen molar-refractivity contribution in [3.8, 4) is 0 Å². The highest BCUT2D eigenvalue weighted by molar-refractivity contribution is 7.15. The Kier molecular flexibility index (Phi) is 3.73. The first-order valence-corrected chi connectivity index (χ1v) is 6.33. The minimum absolute atomic E-state index is 0.225. The van der Waals surface area contributed by atoms with Gasteiger partial charge in [0.1, 0.15) is 5.01 Å². The van der Waals surface area contributed by atoms with E-state index in [-0.39, 0.29) is 12.1 Å². The van der Waals surface area contributed by atoms with E-state index in [9.17, 15) is 0 Å². The largest absolute Gasteiger partial charge is 0.373 e. The van der Waals surface area contributed by atoms with Gasteiger partial charge < -0.3 is 15.0 Å². The summed E-state index contributed by atoms with van der Waals surface area (Å²) in [5.41, 5.74) is 0. The zero-order valence-corrected chi connectivity index (χ0v) is 10.8. The van der Waals surface area contributed by atoms with Gasteiger partial charge >= 0.3 is 0 Å². The Bertz CT molecular complexity index is 343. The first kappa shape index (κ1) is 11.8. The first-order chi connectivity index (χ1) is 7.65. The lowest BCUT2D eigenvalue weighted by molar-refractivity contribution is -0.0259. The van der Waals surface area contributed by atoms with E-state index in [0.717, 1.165) is 29.8 Å². The molecule has 1 N–H and O–H groups in total. The number of rotatable bonds is 3. The predicted molar refractivity (Wildman–Crippen MR) is 65.0 cm³/mol. The minimum atomic E-state index is 0.225. The van der Waals surface area contributed by atoms with Crippen LogP contribution in [0.4, 0.5) is 5.13 Å². The number of aryl methyl sites for hydroxylation is 1. The lowest BCUT2D eigenvalue weighted by Gasteiger charge is -2.33. The molecular weight excluding hydrogens is 224 g/mol. The van der Waals surface area contributed by atoms with Crippen LogP contribution in [0.5, 0.6) is 0 Å². The summed E-state index contributed by atoms with van der Waals surface area (Å²) < 4.78 is 5.74. The van der Waals surface area contributed by atoms with Crippen molar-refractivity contribution in [1.82, 2.24) is 15.1 Å². The smallest absolute Gasteiger partial charge is 0.205 e. The average Bonchev–Trinajstić information content (AvgIpc) is 2.64. The summed E-state index contributed by atoms with van der Waals surface area (Å²) in [6.07, 6.45) is 0.225. The van der Waals surface area contributed by atoms with Crippen molar-refractivity contribution in [2.24, 2.45) is 0 Å². The van der Waals surface area contributed by atoms with Crippen molar-refractivity contribution in [2.75, 3.05) is 32.1 Å². The second kappa shape index (κ2) is 5.07. The van der Waals surface area contributed by atoms with E-state index in [2.05, 4.69) is 34.4 Å². The lowest BCUT2D eigenvalue weighted by atomic mass is 10.1. The molecule has 1 aliphatic rings. The van der Waals surface area contributed by atoms with Gasteiger partial charge in [0.05, 0.1) is 18.8 Å². The van der Waals surface area contributed by atoms with Crippen molar-refractivity contribution >= 4 is 16.5 Å². The van der Waals surface area contributed by atoms with Gasteiger partial charge in [-0.2, -0.15) is 0 Å². The van der Waals surface area contributed by atoms with Crippen LogP contribution >= 0.6 is 11.3 Å². The summed E-state index contributed by atoms with van der Waals surface area (Å²) in [6.45, 7) is 6.87. The molecule has 90 valence electrons. The van der Waals surface area contributed by atoms with E-state index in [0.29, 0.717) is 0 Å². The van der Waals surface area contributed by atoms with Crippen LogP contribution < -0.4 is 5.32 Å². The highest BCUT2D eigenvalue weighted by Gasteiger charge is 2.24. The molecule has 0 aliphatic carbocycles. The predicted octanol–water partition coefficient (Wildman–Crippen LogP) is 0.978.